The van der Waals surface area contributed by atoms with Crippen LogP contribution >= 0.6 is 39.1 Å². The highest BCUT2D eigenvalue weighted by atomic mass is 79.9. The third kappa shape index (κ3) is 3.82. The molecule has 0 saturated heterocycles. The number of benzene rings is 1. The number of hydrogen-bond donors (Lipinski definition) is 0. The summed E-state index contributed by atoms with van der Waals surface area (Å²) < 4.78 is 7.52. The molecule has 2 rings (SSSR count). The van der Waals surface area contributed by atoms with E-state index in [1.807, 2.05) is 20.8 Å². The molecular formula is C15H14BrCl2NO2. The van der Waals surface area contributed by atoms with Gasteiger partial charge in [0.05, 0.1) is 15.7 Å². The number of nitrogens with zero attached hydrogens (tertiary/aromatic N) is 1. The number of carbonyl (C=O) groups excluding carboxylic acids is 1. The van der Waals surface area contributed by atoms with E-state index in [9.17, 15) is 4.79 Å². The fraction of sp³-hybridized carbons (Fsp3) is 0.267. The third-order valence-corrected chi connectivity index (χ3v) is 3.66. The standard InChI is InChI=1S/C15H14BrCl2NO2/c1-15(2,3)21-14(20)19-8-9(16)7-12(19)13-10(17)5-4-6-11(13)18/h4-8H,1-3H3. The summed E-state index contributed by atoms with van der Waals surface area (Å²) in [5.74, 6) is 0. The Kier molecular flexibility index (Phi) is 4.71. The third-order valence-electron chi connectivity index (χ3n) is 2.60. The summed E-state index contributed by atoms with van der Waals surface area (Å²) in [4.78, 5) is 12.3. The lowest BCUT2D eigenvalue weighted by atomic mass is 10.1. The molecule has 6 heteroatoms. The lowest BCUT2D eigenvalue weighted by Gasteiger charge is -2.20. The van der Waals surface area contributed by atoms with Crippen LogP contribution in [0.3, 0.4) is 0 Å². The Hall–Kier alpha value is -0.970. The molecule has 0 amide bonds. The summed E-state index contributed by atoms with van der Waals surface area (Å²) in [6.45, 7) is 5.43. The van der Waals surface area contributed by atoms with E-state index < -0.39 is 11.7 Å². The van der Waals surface area contributed by atoms with Gasteiger partial charge in [0.25, 0.3) is 0 Å². The van der Waals surface area contributed by atoms with Crippen LogP contribution in [0.15, 0.2) is 34.9 Å². The lowest BCUT2D eigenvalue weighted by molar-refractivity contribution is 0.0540. The molecule has 112 valence electrons. The maximum atomic E-state index is 12.3. The first-order chi connectivity index (χ1) is 9.69. The highest BCUT2D eigenvalue weighted by molar-refractivity contribution is 9.10. The Morgan fingerprint density at radius 1 is 1.24 bits per heavy atom. The van der Waals surface area contributed by atoms with Gasteiger partial charge in [-0.15, -0.1) is 0 Å². The second-order valence-corrected chi connectivity index (χ2v) is 7.22. The van der Waals surface area contributed by atoms with Crippen LogP contribution in [0.5, 0.6) is 0 Å². The number of aromatic nitrogens is 1. The molecular weight excluding hydrogens is 377 g/mol. The molecule has 21 heavy (non-hydrogen) atoms. The molecule has 2 aromatic rings. The van der Waals surface area contributed by atoms with Gasteiger partial charge < -0.3 is 4.74 Å². The molecule has 3 nitrogen and oxygen atoms in total. The van der Waals surface area contributed by atoms with Crippen molar-refractivity contribution in [3.05, 3.63) is 45.0 Å². The quantitative estimate of drug-likeness (QED) is 0.597. The highest BCUT2D eigenvalue weighted by Gasteiger charge is 2.22. The Morgan fingerprint density at radius 2 is 1.81 bits per heavy atom. The molecule has 1 aromatic carbocycles. The van der Waals surface area contributed by atoms with Gasteiger partial charge >= 0.3 is 6.09 Å². The largest absolute Gasteiger partial charge is 0.443 e. The van der Waals surface area contributed by atoms with E-state index >= 15 is 0 Å². The van der Waals surface area contributed by atoms with Gasteiger partial charge in [-0.2, -0.15) is 0 Å². The molecule has 0 spiro atoms. The average Bonchev–Trinajstić information content (AvgIpc) is 2.69. The van der Waals surface area contributed by atoms with Crippen LogP contribution in [0.4, 0.5) is 4.79 Å². The summed E-state index contributed by atoms with van der Waals surface area (Å²) in [6, 6.07) is 6.98. The van der Waals surface area contributed by atoms with Gasteiger partial charge in [-0.1, -0.05) is 29.3 Å². The van der Waals surface area contributed by atoms with E-state index in [0.29, 0.717) is 21.3 Å². The van der Waals surface area contributed by atoms with E-state index in [-0.39, 0.29) is 0 Å². The van der Waals surface area contributed by atoms with Crippen molar-refractivity contribution in [3.63, 3.8) is 0 Å². The second-order valence-electron chi connectivity index (χ2n) is 5.49. The number of carbonyl (C=O) groups is 1. The van der Waals surface area contributed by atoms with Gasteiger partial charge in [0, 0.05) is 16.2 Å². The van der Waals surface area contributed by atoms with Crippen LogP contribution in [0.2, 0.25) is 10.0 Å². The first kappa shape index (κ1) is 16.4. The van der Waals surface area contributed by atoms with E-state index in [0.717, 1.165) is 4.47 Å². The Morgan fingerprint density at radius 3 is 2.33 bits per heavy atom. The van der Waals surface area contributed by atoms with Crippen LogP contribution < -0.4 is 0 Å². The van der Waals surface area contributed by atoms with Crippen LogP contribution in [-0.4, -0.2) is 16.3 Å². The fourth-order valence-corrected chi connectivity index (χ4v) is 2.84. The van der Waals surface area contributed by atoms with Gasteiger partial charge in [-0.25, -0.2) is 4.79 Å². The Bertz CT molecular complexity index is 669. The second kappa shape index (κ2) is 6.03. The minimum Gasteiger partial charge on any atom is -0.443 e. The molecule has 0 radical (unpaired) electrons. The summed E-state index contributed by atoms with van der Waals surface area (Å²) in [5.41, 5.74) is 0.583. The molecule has 1 heterocycles. The molecule has 0 saturated carbocycles. The first-order valence-corrected chi connectivity index (χ1v) is 7.79. The number of halogens is 3. The Balaban J connectivity index is 2.54. The van der Waals surface area contributed by atoms with Crippen LogP contribution in [0.1, 0.15) is 20.8 Å². The van der Waals surface area contributed by atoms with E-state index in [1.54, 1.807) is 30.5 Å². The van der Waals surface area contributed by atoms with Gasteiger partial charge in [0.1, 0.15) is 5.60 Å². The fourth-order valence-electron chi connectivity index (χ4n) is 1.83. The summed E-state index contributed by atoms with van der Waals surface area (Å²) in [6.07, 6.45) is 1.14. The zero-order valence-corrected chi connectivity index (χ0v) is 14.9. The van der Waals surface area contributed by atoms with Crippen molar-refractivity contribution in [1.29, 1.82) is 0 Å². The van der Waals surface area contributed by atoms with Crippen molar-refractivity contribution in [2.45, 2.75) is 26.4 Å². The smallest absolute Gasteiger partial charge is 0.419 e. The lowest BCUT2D eigenvalue weighted by Crippen LogP contribution is -2.27. The van der Waals surface area contributed by atoms with Crippen LogP contribution in [0, 0.1) is 0 Å². The van der Waals surface area contributed by atoms with Gasteiger partial charge in [0.2, 0.25) is 0 Å². The minimum absolute atomic E-state index is 0.470. The van der Waals surface area contributed by atoms with Crippen molar-refractivity contribution < 1.29 is 9.53 Å². The number of hydrogen-bond acceptors (Lipinski definition) is 2. The summed E-state index contributed by atoms with van der Waals surface area (Å²) in [7, 11) is 0. The van der Waals surface area contributed by atoms with Gasteiger partial charge in [-0.3, -0.25) is 4.57 Å². The topological polar surface area (TPSA) is 31.2 Å². The maximum absolute atomic E-state index is 12.3. The molecule has 0 aliphatic heterocycles. The van der Waals surface area contributed by atoms with Gasteiger partial charge in [-0.05, 0) is 54.9 Å². The molecule has 1 aromatic heterocycles. The van der Waals surface area contributed by atoms with Gasteiger partial charge in [0.15, 0.2) is 0 Å². The van der Waals surface area contributed by atoms with Crippen molar-refractivity contribution in [1.82, 2.24) is 4.57 Å². The first-order valence-electron chi connectivity index (χ1n) is 6.24. The van der Waals surface area contributed by atoms with Crippen LogP contribution in [0.25, 0.3) is 11.3 Å². The normalized spacial score (nSPS) is 11.5. The monoisotopic (exact) mass is 389 g/mol. The predicted octanol–water partition coefficient (Wildman–Crippen LogP) is 6.01. The molecule has 0 aliphatic carbocycles. The van der Waals surface area contributed by atoms with Crippen molar-refractivity contribution in [2.75, 3.05) is 0 Å². The van der Waals surface area contributed by atoms with E-state index in [4.69, 9.17) is 27.9 Å². The molecule has 0 N–H and O–H groups in total. The predicted molar refractivity (Wildman–Crippen MR) is 89.2 cm³/mol. The van der Waals surface area contributed by atoms with Crippen LogP contribution in [-0.2, 0) is 4.74 Å². The summed E-state index contributed by atoms with van der Waals surface area (Å²) in [5, 5.41) is 0.941. The highest BCUT2D eigenvalue weighted by Crippen LogP contribution is 2.36. The average molecular weight is 391 g/mol. The Labute approximate surface area is 141 Å². The van der Waals surface area contributed by atoms with Crippen molar-refractivity contribution in [3.8, 4) is 11.3 Å². The molecule has 0 unspecified atom stereocenters. The van der Waals surface area contributed by atoms with E-state index in [1.165, 1.54) is 4.57 Å². The zero-order valence-electron chi connectivity index (χ0n) is 11.8. The molecule has 0 atom stereocenters. The van der Waals surface area contributed by atoms with E-state index in [2.05, 4.69) is 15.9 Å². The SMILES string of the molecule is CC(C)(C)OC(=O)n1cc(Br)cc1-c1c(Cl)cccc1Cl. The molecule has 0 aliphatic rings. The zero-order chi connectivity index (χ0) is 15.8. The number of ether oxygens (including phenoxy) is 1. The molecule has 0 bridgehead atoms. The summed E-state index contributed by atoms with van der Waals surface area (Å²) >= 11 is 15.8. The maximum Gasteiger partial charge on any atom is 0.419 e. The van der Waals surface area contributed by atoms with Crippen molar-refractivity contribution in [2.24, 2.45) is 0 Å². The molecule has 0 fully saturated rings. The van der Waals surface area contributed by atoms with Crippen molar-refractivity contribution >= 4 is 45.2 Å². The minimum atomic E-state index is -0.588. The number of rotatable bonds is 1.